The van der Waals surface area contributed by atoms with Gasteiger partial charge in [-0.3, -0.25) is 9.58 Å². The van der Waals surface area contributed by atoms with Crippen molar-refractivity contribution < 1.29 is 14.2 Å². The molecule has 1 N–H and O–H groups in total. The van der Waals surface area contributed by atoms with Crippen LogP contribution in [0.3, 0.4) is 0 Å². The number of aromatic nitrogens is 2. The third kappa shape index (κ3) is 4.63. The van der Waals surface area contributed by atoms with Crippen LogP contribution in [0, 0.1) is 5.82 Å². The van der Waals surface area contributed by atoms with Gasteiger partial charge < -0.3 is 9.84 Å². The van der Waals surface area contributed by atoms with E-state index in [2.05, 4.69) is 10.00 Å². The van der Waals surface area contributed by atoms with Crippen molar-refractivity contribution in [1.82, 2.24) is 14.7 Å². The van der Waals surface area contributed by atoms with Crippen LogP contribution in [0.4, 0.5) is 4.39 Å². The number of aliphatic hydroxyl groups excluding tert-OH is 1. The number of rotatable bonds is 8. The van der Waals surface area contributed by atoms with Gasteiger partial charge in [-0.1, -0.05) is 18.2 Å². The number of β-amino-alcohol motifs (C(OH)–C–C–N with tert-alkyl or cyclic N) is 1. The van der Waals surface area contributed by atoms with Gasteiger partial charge >= 0.3 is 0 Å². The molecule has 0 bridgehead atoms. The topological polar surface area (TPSA) is 50.5 Å². The maximum atomic E-state index is 13.5. The number of ether oxygens (including phenoxy) is 1. The number of hydrogen-bond donors (Lipinski definition) is 1. The Morgan fingerprint density at radius 1 is 1.33 bits per heavy atom. The fourth-order valence-corrected chi connectivity index (χ4v) is 3.21. The van der Waals surface area contributed by atoms with E-state index < -0.39 is 6.10 Å². The van der Waals surface area contributed by atoms with Crippen LogP contribution in [0.5, 0.6) is 0 Å². The van der Waals surface area contributed by atoms with E-state index >= 15 is 0 Å². The molecule has 0 radical (unpaired) electrons. The van der Waals surface area contributed by atoms with E-state index in [-0.39, 0.29) is 19.0 Å². The van der Waals surface area contributed by atoms with Crippen molar-refractivity contribution in [3.05, 3.63) is 54.1 Å². The maximum Gasteiger partial charge on any atom is 0.128 e. The van der Waals surface area contributed by atoms with Gasteiger partial charge in [-0.2, -0.15) is 5.10 Å². The van der Waals surface area contributed by atoms with Crippen LogP contribution < -0.4 is 0 Å². The lowest BCUT2D eigenvalue weighted by atomic mass is 10.2. The fourth-order valence-electron chi connectivity index (χ4n) is 3.21. The standard InChI is InChI=1S/C18H24FN3O2/c19-18-7-2-1-5-15(18)13-24-14-17(23)12-21-9-3-6-16(21)11-22-10-4-8-20-22/h1-2,4-5,7-8,10,16-17,23H,3,6,9,11-14H2/t16-,17-/m1/s1. The fraction of sp³-hybridized carbons (Fsp3) is 0.500. The Labute approximate surface area is 141 Å². The average molecular weight is 333 g/mol. The summed E-state index contributed by atoms with van der Waals surface area (Å²) in [5.74, 6) is -0.272. The molecule has 0 saturated carbocycles. The second-order valence-electron chi connectivity index (χ2n) is 6.28. The molecule has 2 aromatic rings. The van der Waals surface area contributed by atoms with Crippen molar-refractivity contribution in [2.45, 2.75) is 38.1 Å². The van der Waals surface area contributed by atoms with Gasteiger partial charge in [-0.15, -0.1) is 0 Å². The summed E-state index contributed by atoms with van der Waals surface area (Å²) in [6.07, 6.45) is 5.42. The molecule has 2 atom stereocenters. The van der Waals surface area contributed by atoms with Gasteiger partial charge in [0.05, 0.1) is 25.9 Å². The van der Waals surface area contributed by atoms with E-state index in [4.69, 9.17) is 4.74 Å². The Hall–Kier alpha value is -1.76. The van der Waals surface area contributed by atoms with Crippen molar-refractivity contribution >= 4 is 0 Å². The van der Waals surface area contributed by atoms with Gasteiger partial charge in [0, 0.05) is 30.5 Å². The minimum atomic E-state index is -0.574. The summed E-state index contributed by atoms with van der Waals surface area (Å²) >= 11 is 0. The molecule has 6 heteroatoms. The van der Waals surface area contributed by atoms with Crippen LogP contribution in [0.25, 0.3) is 0 Å². The van der Waals surface area contributed by atoms with Crippen molar-refractivity contribution in [1.29, 1.82) is 0 Å². The average Bonchev–Trinajstić information content (AvgIpc) is 3.22. The second kappa shape index (κ2) is 8.37. The Bertz CT molecular complexity index is 620. The van der Waals surface area contributed by atoms with Gasteiger partial charge in [-0.05, 0) is 31.5 Å². The first-order chi connectivity index (χ1) is 11.7. The number of hydrogen-bond acceptors (Lipinski definition) is 4. The molecular weight excluding hydrogens is 309 g/mol. The Kier molecular flexibility index (Phi) is 5.96. The molecule has 1 aliphatic heterocycles. The van der Waals surface area contributed by atoms with Crippen LogP contribution in [0.2, 0.25) is 0 Å². The van der Waals surface area contributed by atoms with Crippen molar-refractivity contribution in [2.24, 2.45) is 0 Å². The zero-order valence-corrected chi connectivity index (χ0v) is 13.7. The molecule has 3 rings (SSSR count). The van der Waals surface area contributed by atoms with E-state index in [1.54, 1.807) is 24.4 Å². The molecule has 0 aliphatic carbocycles. The maximum absolute atomic E-state index is 13.5. The molecule has 0 amide bonds. The van der Waals surface area contributed by atoms with Gasteiger partial charge in [-0.25, -0.2) is 4.39 Å². The van der Waals surface area contributed by atoms with Crippen LogP contribution in [-0.2, 0) is 17.9 Å². The molecule has 1 fully saturated rings. The molecule has 1 aromatic heterocycles. The van der Waals surface area contributed by atoms with Crippen LogP contribution in [0.15, 0.2) is 42.7 Å². The van der Waals surface area contributed by atoms with Gasteiger partial charge in [0.1, 0.15) is 5.82 Å². The molecule has 1 saturated heterocycles. The second-order valence-corrected chi connectivity index (χ2v) is 6.28. The highest BCUT2D eigenvalue weighted by Gasteiger charge is 2.26. The molecule has 5 nitrogen and oxygen atoms in total. The molecule has 0 spiro atoms. The third-order valence-electron chi connectivity index (χ3n) is 4.43. The van der Waals surface area contributed by atoms with Crippen molar-refractivity contribution in [2.75, 3.05) is 19.7 Å². The Balaban J connectivity index is 1.42. The number of nitrogens with zero attached hydrogens (tertiary/aromatic N) is 3. The highest BCUT2D eigenvalue weighted by molar-refractivity contribution is 5.16. The summed E-state index contributed by atoms with van der Waals surface area (Å²) in [4.78, 5) is 2.29. The van der Waals surface area contributed by atoms with Crippen molar-refractivity contribution in [3.63, 3.8) is 0 Å². The third-order valence-corrected chi connectivity index (χ3v) is 4.43. The van der Waals surface area contributed by atoms with Crippen LogP contribution in [0.1, 0.15) is 18.4 Å². The monoisotopic (exact) mass is 333 g/mol. The predicted molar refractivity (Wildman–Crippen MR) is 88.9 cm³/mol. The largest absolute Gasteiger partial charge is 0.389 e. The highest BCUT2D eigenvalue weighted by atomic mass is 19.1. The molecular formula is C18H24FN3O2. The summed E-state index contributed by atoms with van der Waals surface area (Å²) in [5, 5.41) is 14.5. The summed E-state index contributed by atoms with van der Waals surface area (Å²) in [5.41, 5.74) is 0.516. The highest BCUT2D eigenvalue weighted by Crippen LogP contribution is 2.19. The molecule has 1 aliphatic rings. The molecule has 24 heavy (non-hydrogen) atoms. The smallest absolute Gasteiger partial charge is 0.128 e. The zero-order chi connectivity index (χ0) is 16.8. The van der Waals surface area contributed by atoms with E-state index in [9.17, 15) is 9.50 Å². The predicted octanol–water partition coefficient (Wildman–Crippen LogP) is 2.06. The van der Waals surface area contributed by atoms with E-state index in [1.807, 2.05) is 16.9 Å². The SMILES string of the molecule is O[C@@H](COCc1ccccc1F)CN1CCC[C@@H]1Cn1cccn1. The van der Waals surface area contributed by atoms with Crippen LogP contribution >= 0.6 is 0 Å². The summed E-state index contributed by atoms with van der Waals surface area (Å²) < 4.78 is 20.9. The zero-order valence-electron chi connectivity index (χ0n) is 13.7. The normalized spacial score (nSPS) is 19.7. The molecule has 2 heterocycles. The van der Waals surface area contributed by atoms with Gasteiger partial charge in [0.15, 0.2) is 0 Å². The quantitative estimate of drug-likeness (QED) is 0.803. The Morgan fingerprint density at radius 3 is 3.00 bits per heavy atom. The first kappa shape index (κ1) is 17.1. The van der Waals surface area contributed by atoms with Crippen molar-refractivity contribution in [3.8, 4) is 0 Å². The van der Waals surface area contributed by atoms with Gasteiger partial charge in [0.2, 0.25) is 0 Å². The lowest BCUT2D eigenvalue weighted by Crippen LogP contribution is -2.40. The number of benzene rings is 1. The first-order valence-corrected chi connectivity index (χ1v) is 8.43. The van der Waals surface area contributed by atoms with E-state index in [1.165, 1.54) is 6.07 Å². The Morgan fingerprint density at radius 2 is 2.21 bits per heavy atom. The van der Waals surface area contributed by atoms with Crippen LogP contribution in [-0.4, -0.2) is 51.6 Å². The number of likely N-dealkylation sites (tertiary alicyclic amines) is 1. The van der Waals surface area contributed by atoms with E-state index in [0.717, 1.165) is 25.9 Å². The molecule has 0 unspecified atom stereocenters. The minimum absolute atomic E-state index is 0.181. The number of halogens is 1. The molecule has 130 valence electrons. The minimum Gasteiger partial charge on any atom is -0.389 e. The summed E-state index contributed by atoms with van der Waals surface area (Å²) in [7, 11) is 0. The lowest BCUT2D eigenvalue weighted by Gasteiger charge is -2.26. The van der Waals surface area contributed by atoms with Gasteiger partial charge in [0.25, 0.3) is 0 Å². The lowest BCUT2D eigenvalue weighted by molar-refractivity contribution is 0.00595. The van der Waals surface area contributed by atoms with E-state index in [0.29, 0.717) is 18.2 Å². The summed E-state index contributed by atoms with van der Waals surface area (Å²) in [6.45, 7) is 2.79. The first-order valence-electron chi connectivity index (χ1n) is 8.43. The summed E-state index contributed by atoms with van der Waals surface area (Å²) in [6, 6.07) is 8.86. The number of aliphatic hydroxyl groups is 1. The molecule has 1 aromatic carbocycles.